The third kappa shape index (κ3) is 3.96. The molecule has 0 radical (unpaired) electrons. The van der Waals surface area contributed by atoms with E-state index in [1.807, 2.05) is 60.4 Å². The summed E-state index contributed by atoms with van der Waals surface area (Å²) in [5.41, 5.74) is 4.08. The van der Waals surface area contributed by atoms with Crippen LogP contribution in [0.1, 0.15) is 28.4 Å². The lowest BCUT2D eigenvalue weighted by atomic mass is 10.1. The van der Waals surface area contributed by atoms with Gasteiger partial charge < -0.3 is 4.90 Å². The first-order valence-electron chi connectivity index (χ1n) is 9.88. The van der Waals surface area contributed by atoms with Crippen LogP contribution in [0.2, 0.25) is 0 Å². The Balaban J connectivity index is 1.61. The molecule has 1 amide bonds. The van der Waals surface area contributed by atoms with Gasteiger partial charge in [0.1, 0.15) is 0 Å². The summed E-state index contributed by atoms with van der Waals surface area (Å²) in [5.74, 6) is -0.0760. The molecule has 30 heavy (non-hydrogen) atoms. The zero-order valence-corrected chi connectivity index (χ0v) is 17.8. The molecule has 0 spiro atoms. The molecule has 4 rings (SSSR count). The molecule has 3 aromatic carbocycles. The van der Waals surface area contributed by atoms with Gasteiger partial charge in [-0.25, -0.2) is 8.42 Å². The van der Waals surface area contributed by atoms with Crippen molar-refractivity contribution in [3.63, 3.8) is 0 Å². The molecule has 0 aromatic heterocycles. The molecule has 1 heterocycles. The SMILES string of the molecule is C[C@H]1Cc2ccccc2N1C(=O)c1ccc(N(Cc2ccccc2)S(C)(=O)=O)cc1. The van der Waals surface area contributed by atoms with E-state index in [1.165, 1.54) is 16.1 Å². The van der Waals surface area contributed by atoms with Gasteiger partial charge in [0.15, 0.2) is 0 Å². The minimum absolute atomic E-state index is 0.0760. The van der Waals surface area contributed by atoms with E-state index >= 15 is 0 Å². The smallest absolute Gasteiger partial charge is 0.258 e. The second kappa shape index (κ2) is 7.95. The molecule has 0 saturated carbocycles. The standard InChI is InChI=1S/C24H24N2O3S/c1-18-16-21-10-6-7-11-23(21)26(18)24(27)20-12-14-22(15-13-20)25(30(2,28)29)17-19-8-4-3-5-9-19/h3-15,18H,16-17H2,1-2H3/t18-/m0/s1. The molecule has 5 nitrogen and oxygen atoms in total. The van der Waals surface area contributed by atoms with E-state index in [-0.39, 0.29) is 18.5 Å². The van der Waals surface area contributed by atoms with Crippen LogP contribution < -0.4 is 9.21 Å². The van der Waals surface area contributed by atoms with Gasteiger partial charge in [-0.1, -0.05) is 48.5 Å². The van der Waals surface area contributed by atoms with Crippen LogP contribution in [0.3, 0.4) is 0 Å². The lowest BCUT2D eigenvalue weighted by Crippen LogP contribution is -2.35. The zero-order valence-electron chi connectivity index (χ0n) is 17.0. The molecule has 6 heteroatoms. The fourth-order valence-corrected chi connectivity index (χ4v) is 4.82. The molecule has 0 fully saturated rings. The third-order valence-corrected chi connectivity index (χ3v) is 6.54. The van der Waals surface area contributed by atoms with E-state index in [0.29, 0.717) is 11.3 Å². The molecule has 1 atom stereocenters. The molecule has 154 valence electrons. The van der Waals surface area contributed by atoms with Crippen molar-refractivity contribution in [3.8, 4) is 0 Å². The van der Waals surface area contributed by atoms with Crippen molar-refractivity contribution in [3.05, 3.63) is 95.6 Å². The van der Waals surface area contributed by atoms with Gasteiger partial charge in [0.05, 0.1) is 18.5 Å². The van der Waals surface area contributed by atoms with Gasteiger partial charge in [0, 0.05) is 17.3 Å². The lowest BCUT2D eigenvalue weighted by Gasteiger charge is -2.24. The van der Waals surface area contributed by atoms with Crippen LogP contribution in [-0.2, 0) is 23.0 Å². The number of anilines is 2. The molecular formula is C24H24N2O3S. The number of sulfonamides is 1. The van der Waals surface area contributed by atoms with Crippen LogP contribution in [0, 0.1) is 0 Å². The van der Waals surface area contributed by atoms with E-state index in [4.69, 9.17) is 0 Å². The largest absolute Gasteiger partial charge is 0.305 e. The van der Waals surface area contributed by atoms with Crippen molar-refractivity contribution in [2.24, 2.45) is 0 Å². The Morgan fingerprint density at radius 1 is 0.967 bits per heavy atom. The fourth-order valence-electron chi connectivity index (χ4n) is 3.93. The monoisotopic (exact) mass is 420 g/mol. The fraction of sp³-hybridized carbons (Fsp3) is 0.208. The Labute approximate surface area is 177 Å². The summed E-state index contributed by atoms with van der Waals surface area (Å²) < 4.78 is 26.1. The maximum atomic E-state index is 13.2. The van der Waals surface area contributed by atoms with Crippen molar-refractivity contribution < 1.29 is 13.2 Å². The van der Waals surface area contributed by atoms with Gasteiger partial charge in [0.25, 0.3) is 5.91 Å². The molecule has 0 N–H and O–H groups in total. The van der Waals surface area contributed by atoms with Crippen LogP contribution in [0.5, 0.6) is 0 Å². The van der Waals surface area contributed by atoms with Crippen molar-refractivity contribution in [1.29, 1.82) is 0 Å². The number of amides is 1. The van der Waals surface area contributed by atoms with Crippen LogP contribution in [0.15, 0.2) is 78.9 Å². The Hall–Kier alpha value is -3.12. The molecule has 0 bridgehead atoms. The van der Waals surface area contributed by atoms with Crippen LogP contribution in [0.25, 0.3) is 0 Å². The summed E-state index contributed by atoms with van der Waals surface area (Å²) >= 11 is 0. The quantitative estimate of drug-likeness (QED) is 0.620. The third-order valence-electron chi connectivity index (χ3n) is 5.40. The second-order valence-corrected chi connectivity index (χ2v) is 9.57. The van der Waals surface area contributed by atoms with E-state index < -0.39 is 10.0 Å². The Bertz CT molecular complexity index is 1160. The summed E-state index contributed by atoms with van der Waals surface area (Å²) in [6, 6.07) is 24.3. The maximum absolute atomic E-state index is 13.2. The van der Waals surface area contributed by atoms with E-state index in [0.717, 1.165) is 17.7 Å². The van der Waals surface area contributed by atoms with E-state index in [2.05, 4.69) is 6.07 Å². The van der Waals surface area contributed by atoms with Gasteiger partial charge in [-0.15, -0.1) is 0 Å². The Kier molecular flexibility index (Phi) is 5.35. The second-order valence-electron chi connectivity index (χ2n) is 7.66. The summed E-state index contributed by atoms with van der Waals surface area (Å²) in [4.78, 5) is 15.0. The first-order chi connectivity index (χ1) is 14.3. The van der Waals surface area contributed by atoms with Crippen LogP contribution in [-0.4, -0.2) is 26.6 Å². The predicted octanol–water partition coefficient (Wildman–Crippen LogP) is 4.24. The van der Waals surface area contributed by atoms with Crippen molar-refractivity contribution in [2.75, 3.05) is 15.5 Å². The van der Waals surface area contributed by atoms with Crippen molar-refractivity contribution in [1.82, 2.24) is 0 Å². The van der Waals surface area contributed by atoms with Gasteiger partial charge in [-0.3, -0.25) is 9.10 Å². The first kappa shape index (κ1) is 20.2. The molecule has 1 aliphatic heterocycles. The first-order valence-corrected chi connectivity index (χ1v) is 11.7. The Morgan fingerprint density at radius 3 is 2.27 bits per heavy atom. The van der Waals surface area contributed by atoms with Crippen molar-refractivity contribution >= 4 is 27.3 Å². The highest BCUT2D eigenvalue weighted by Crippen LogP contribution is 2.33. The summed E-state index contributed by atoms with van der Waals surface area (Å²) in [5, 5.41) is 0. The van der Waals surface area contributed by atoms with Crippen LogP contribution in [0.4, 0.5) is 11.4 Å². The van der Waals surface area contributed by atoms with Gasteiger partial charge >= 0.3 is 0 Å². The summed E-state index contributed by atoms with van der Waals surface area (Å²) in [6.07, 6.45) is 2.02. The number of rotatable bonds is 5. The van der Waals surface area contributed by atoms with Crippen LogP contribution >= 0.6 is 0 Å². The number of benzene rings is 3. The number of hydrogen-bond acceptors (Lipinski definition) is 3. The number of hydrogen-bond donors (Lipinski definition) is 0. The molecule has 0 saturated heterocycles. The molecule has 0 unspecified atom stereocenters. The van der Waals surface area contributed by atoms with E-state index in [1.54, 1.807) is 24.3 Å². The molecule has 3 aromatic rings. The summed E-state index contributed by atoms with van der Waals surface area (Å²) in [6.45, 7) is 2.28. The average Bonchev–Trinajstić information content (AvgIpc) is 3.07. The topological polar surface area (TPSA) is 57.7 Å². The maximum Gasteiger partial charge on any atom is 0.258 e. The number of fused-ring (bicyclic) bond motifs is 1. The molecule has 1 aliphatic rings. The average molecular weight is 421 g/mol. The lowest BCUT2D eigenvalue weighted by molar-refractivity contribution is 0.0981. The zero-order chi connectivity index (χ0) is 21.3. The predicted molar refractivity (Wildman–Crippen MR) is 120 cm³/mol. The normalized spacial score (nSPS) is 15.7. The highest BCUT2D eigenvalue weighted by Gasteiger charge is 2.31. The number of nitrogens with zero attached hydrogens (tertiary/aromatic N) is 2. The minimum Gasteiger partial charge on any atom is -0.305 e. The Morgan fingerprint density at radius 2 is 1.60 bits per heavy atom. The highest BCUT2D eigenvalue weighted by atomic mass is 32.2. The highest BCUT2D eigenvalue weighted by molar-refractivity contribution is 7.92. The van der Waals surface area contributed by atoms with Gasteiger partial charge in [0.2, 0.25) is 10.0 Å². The molecular weight excluding hydrogens is 396 g/mol. The minimum atomic E-state index is -3.48. The van der Waals surface area contributed by atoms with Crippen molar-refractivity contribution in [2.45, 2.75) is 25.9 Å². The summed E-state index contributed by atoms with van der Waals surface area (Å²) in [7, 11) is -3.48. The molecule has 0 aliphatic carbocycles. The number of carbonyl (C=O) groups excluding carboxylic acids is 1. The number of carbonyl (C=O) groups is 1. The van der Waals surface area contributed by atoms with Gasteiger partial charge in [-0.2, -0.15) is 0 Å². The number of para-hydroxylation sites is 1. The van der Waals surface area contributed by atoms with E-state index in [9.17, 15) is 13.2 Å². The van der Waals surface area contributed by atoms with Gasteiger partial charge in [-0.05, 0) is 54.8 Å².